The molecule has 0 saturated carbocycles. The molecule has 2 aromatic rings. The highest BCUT2D eigenvalue weighted by atomic mass is 15.2. The SMILES string of the molecule is CN(C)/C=N/c1nc(/N=C/N(C)C)c2ncn(C)c2n1. The Morgan fingerprint density at radius 1 is 1.05 bits per heavy atom. The molecule has 2 aromatic heterocycles. The summed E-state index contributed by atoms with van der Waals surface area (Å²) in [5, 5.41) is 0. The van der Waals surface area contributed by atoms with E-state index in [4.69, 9.17) is 0 Å². The minimum absolute atomic E-state index is 0.362. The predicted octanol–water partition coefficient (Wildman–Crippen LogP) is 0.806. The first-order chi connectivity index (χ1) is 9.47. The van der Waals surface area contributed by atoms with E-state index in [-0.39, 0.29) is 0 Å². The predicted molar refractivity (Wildman–Crippen MR) is 80.0 cm³/mol. The summed E-state index contributed by atoms with van der Waals surface area (Å²) in [6.07, 6.45) is 5.01. The fourth-order valence-corrected chi connectivity index (χ4v) is 1.47. The minimum Gasteiger partial charge on any atom is -0.369 e. The summed E-state index contributed by atoms with van der Waals surface area (Å²) in [4.78, 5) is 25.2. The van der Waals surface area contributed by atoms with Crippen LogP contribution in [-0.4, -0.2) is 70.2 Å². The topological polar surface area (TPSA) is 74.8 Å². The number of aromatic nitrogens is 4. The van der Waals surface area contributed by atoms with Crippen molar-refractivity contribution in [3.8, 4) is 0 Å². The molecule has 0 radical (unpaired) electrons. The number of aliphatic imine (C=N–C) groups is 2. The standard InChI is InChI=1S/C12H18N8/c1-18(2)6-14-10-9-11(20(5)8-13-9)17-12(16-10)15-7-19(3)4/h6-8H,1-5H3/b14-6+,15-7+. The van der Waals surface area contributed by atoms with Crippen LogP contribution in [0.25, 0.3) is 11.2 Å². The quantitative estimate of drug-likeness (QED) is 0.609. The van der Waals surface area contributed by atoms with Gasteiger partial charge >= 0.3 is 0 Å². The second-order valence-electron chi connectivity index (χ2n) is 4.79. The van der Waals surface area contributed by atoms with Crippen LogP contribution in [0.1, 0.15) is 0 Å². The molecule has 0 aliphatic carbocycles. The van der Waals surface area contributed by atoms with Crippen molar-refractivity contribution in [2.75, 3.05) is 28.2 Å². The zero-order valence-corrected chi connectivity index (χ0v) is 12.3. The van der Waals surface area contributed by atoms with Gasteiger partial charge in [0.05, 0.1) is 19.0 Å². The first-order valence-corrected chi connectivity index (χ1v) is 6.07. The Bertz CT molecular complexity index is 653. The van der Waals surface area contributed by atoms with Gasteiger partial charge in [-0.2, -0.15) is 9.97 Å². The summed E-state index contributed by atoms with van der Waals surface area (Å²) >= 11 is 0. The molecular weight excluding hydrogens is 256 g/mol. The molecule has 0 amide bonds. The van der Waals surface area contributed by atoms with Crippen molar-refractivity contribution in [3.63, 3.8) is 0 Å². The number of rotatable bonds is 4. The van der Waals surface area contributed by atoms with Crippen LogP contribution in [0.15, 0.2) is 16.3 Å². The third-order valence-electron chi connectivity index (χ3n) is 2.34. The van der Waals surface area contributed by atoms with Gasteiger partial charge in [0.2, 0.25) is 0 Å². The van der Waals surface area contributed by atoms with Gasteiger partial charge in [-0.25, -0.2) is 15.0 Å². The summed E-state index contributed by atoms with van der Waals surface area (Å²) in [5.74, 6) is 0.871. The van der Waals surface area contributed by atoms with Gasteiger partial charge in [0.25, 0.3) is 5.95 Å². The molecule has 8 heteroatoms. The van der Waals surface area contributed by atoms with Gasteiger partial charge in [0.1, 0.15) is 0 Å². The maximum absolute atomic E-state index is 4.37. The van der Waals surface area contributed by atoms with Gasteiger partial charge < -0.3 is 14.4 Å². The number of hydrogen-bond acceptors (Lipinski definition) is 5. The van der Waals surface area contributed by atoms with Crippen LogP contribution in [0.4, 0.5) is 11.8 Å². The van der Waals surface area contributed by atoms with Crippen molar-refractivity contribution >= 4 is 35.6 Å². The lowest BCUT2D eigenvalue weighted by molar-refractivity contribution is 0.642. The van der Waals surface area contributed by atoms with Crippen molar-refractivity contribution in [1.82, 2.24) is 29.3 Å². The average Bonchev–Trinajstić information content (AvgIpc) is 2.75. The molecule has 2 heterocycles. The van der Waals surface area contributed by atoms with Crippen molar-refractivity contribution in [3.05, 3.63) is 6.33 Å². The fourth-order valence-electron chi connectivity index (χ4n) is 1.47. The zero-order valence-electron chi connectivity index (χ0n) is 12.3. The van der Waals surface area contributed by atoms with E-state index in [1.165, 1.54) is 0 Å². The highest BCUT2D eigenvalue weighted by Gasteiger charge is 2.10. The van der Waals surface area contributed by atoms with Crippen LogP contribution in [0.5, 0.6) is 0 Å². The van der Waals surface area contributed by atoms with Gasteiger partial charge in [-0.1, -0.05) is 0 Å². The number of fused-ring (bicyclic) bond motifs is 1. The van der Waals surface area contributed by atoms with Crippen molar-refractivity contribution in [1.29, 1.82) is 0 Å². The number of aryl methyl sites for hydroxylation is 1. The molecular formula is C12H18N8. The summed E-state index contributed by atoms with van der Waals surface area (Å²) in [6.45, 7) is 0. The second-order valence-corrected chi connectivity index (χ2v) is 4.79. The van der Waals surface area contributed by atoms with Crippen LogP contribution in [0.3, 0.4) is 0 Å². The Kier molecular flexibility index (Phi) is 3.92. The summed E-state index contributed by atoms with van der Waals surface area (Å²) in [7, 11) is 9.44. The van der Waals surface area contributed by atoms with E-state index in [9.17, 15) is 0 Å². The van der Waals surface area contributed by atoms with E-state index < -0.39 is 0 Å². The van der Waals surface area contributed by atoms with Crippen LogP contribution >= 0.6 is 0 Å². The Hall–Kier alpha value is -2.51. The lowest BCUT2D eigenvalue weighted by Gasteiger charge is -2.04. The van der Waals surface area contributed by atoms with Crippen LogP contribution in [0.2, 0.25) is 0 Å². The molecule has 0 aliphatic heterocycles. The lowest BCUT2D eigenvalue weighted by atomic mass is 10.5. The van der Waals surface area contributed by atoms with Gasteiger partial charge in [-0.15, -0.1) is 0 Å². The molecule has 0 aliphatic rings. The first kappa shape index (κ1) is 13.9. The van der Waals surface area contributed by atoms with Crippen molar-refractivity contribution < 1.29 is 0 Å². The lowest BCUT2D eigenvalue weighted by Crippen LogP contribution is -2.08. The van der Waals surface area contributed by atoms with E-state index in [1.807, 2.05) is 49.6 Å². The zero-order chi connectivity index (χ0) is 14.7. The molecule has 0 spiro atoms. The monoisotopic (exact) mass is 274 g/mol. The third kappa shape index (κ3) is 3.08. The normalized spacial score (nSPS) is 11.8. The first-order valence-electron chi connectivity index (χ1n) is 6.07. The van der Waals surface area contributed by atoms with Gasteiger partial charge in [-0.3, -0.25) is 0 Å². The van der Waals surface area contributed by atoms with E-state index >= 15 is 0 Å². The second kappa shape index (κ2) is 5.64. The Morgan fingerprint density at radius 2 is 1.70 bits per heavy atom. The molecule has 8 nitrogen and oxygen atoms in total. The molecule has 0 unspecified atom stereocenters. The van der Waals surface area contributed by atoms with Crippen LogP contribution in [-0.2, 0) is 7.05 Å². The number of nitrogens with zero attached hydrogens (tertiary/aromatic N) is 8. The van der Waals surface area contributed by atoms with Crippen molar-refractivity contribution in [2.24, 2.45) is 17.0 Å². The summed E-state index contributed by atoms with van der Waals surface area (Å²) in [6, 6.07) is 0. The molecule has 0 atom stereocenters. The molecule has 0 fully saturated rings. The summed E-state index contributed by atoms with van der Waals surface area (Å²) < 4.78 is 1.82. The summed E-state index contributed by atoms with van der Waals surface area (Å²) in [5.41, 5.74) is 1.37. The Labute approximate surface area is 117 Å². The molecule has 0 N–H and O–H groups in total. The highest BCUT2D eigenvalue weighted by molar-refractivity contribution is 5.84. The Balaban J connectivity index is 2.53. The van der Waals surface area contributed by atoms with Gasteiger partial charge in [0.15, 0.2) is 17.0 Å². The smallest absolute Gasteiger partial charge is 0.254 e. The molecule has 20 heavy (non-hydrogen) atoms. The average molecular weight is 274 g/mol. The van der Waals surface area contributed by atoms with Crippen molar-refractivity contribution in [2.45, 2.75) is 0 Å². The molecule has 2 rings (SSSR count). The third-order valence-corrected chi connectivity index (χ3v) is 2.34. The van der Waals surface area contributed by atoms with E-state index in [0.29, 0.717) is 22.9 Å². The molecule has 106 valence electrons. The highest BCUT2D eigenvalue weighted by Crippen LogP contribution is 2.23. The van der Waals surface area contributed by atoms with E-state index in [2.05, 4.69) is 24.9 Å². The molecule has 0 aromatic carbocycles. The minimum atomic E-state index is 0.362. The van der Waals surface area contributed by atoms with Crippen LogP contribution < -0.4 is 0 Å². The maximum Gasteiger partial charge on any atom is 0.254 e. The largest absolute Gasteiger partial charge is 0.369 e. The number of imidazole rings is 1. The van der Waals surface area contributed by atoms with Gasteiger partial charge in [0, 0.05) is 35.2 Å². The molecule has 0 saturated heterocycles. The van der Waals surface area contributed by atoms with E-state index in [0.717, 1.165) is 0 Å². The fraction of sp³-hybridized carbons (Fsp3) is 0.417. The Morgan fingerprint density at radius 3 is 2.35 bits per heavy atom. The van der Waals surface area contributed by atoms with Crippen LogP contribution in [0, 0.1) is 0 Å². The van der Waals surface area contributed by atoms with Gasteiger partial charge in [-0.05, 0) is 0 Å². The van der Waals surface area contributed by atoms with E-state index in [1.54, 1.807) is 19.0 Å². The number of hydrogen-bond donors (Lipinski definition) is 0. The molecule has 0 bridgehead atoms. The maximum atomic E-state index is 4.37.